The second-order valence-electron chi connectivity index (χ2n) is 10.4. The highest BCUT2D eigenvalue weighted by molar-refractivity contribution is 5.95. The van der Waals surface area contributed by atoms with E-state index >= 15 is 0 Å². The van der Waals surface area contributed by atoms with E-state index in [-0.39, 0.29) is 54.8 Å². The summed E-state index contributed by atoms with van der Waals surface area (Å²) >= 11 is 0. The Morgan fingerprint density at radius 2 is 2.08 bits per heavy atom. The van der Waals surface area contributed by atoms with Crippen molar-refractivity contribution >= 4 is 17.6 Å². The van der Waals surface area contributed by atoms with Crippen molar-refractivity contribution < 1.29 is 23.8 Å². The lowest BCUT2D eigenvalue weighted by Gasteiger charge is -2.41. The topological polar surface area (TPSA) is 126 Å². The van der Waals surface area contributed by atoms with Crippen LogP contribution >= 0.6 is 0 Å². The van der Waals surface area contributed by atoms with Crippen LogP contribution < -0.4 is 9.64 Å². The number of amides is 2. The Morgan fingerprint density at radius 3 is 2.80 bits per heavy atom. The number of fused-ring (bicyclic) bond motifs is 1. The first-order chi connectivity index (χ1) is 19.3. The molecule has 2 saturated heterocycles. The molecule has 4 heterocycles. The SMILES string of the molecule is C=CC(=O)N1CCN(c2nc(OC[C@@H]3CCCN3C)nc3c2CN(C(=O)c2cc(O)ccc2F)C3)C[C@@H]1CC#N. The minimum absolute atomic E-state index is 0.120. The molecule has 2 aromatic rings. The third kappa shape index (κ3) is 5.42. The van der Waals surface area contributed by atoms with Gasteiger partial charge in [0.2, 0.25) is 5.91 Å². The van der Waals surface area contributed by atoms with Gasteiger partial charge in [0.15, 0.2) is 0 Å². The molecule has 0 radical (unpaired) electrons. The number of hydrogen-bond donors (Lipinski definition) is 1. The molecule has 0 bridgehead atoms. The van der Waals surface area contributed by atoms with Crippen LogP contribution in [-0.2, 0) is 17.9 Å². The van der Waals surface area contributed by atoms with Gasteiger partial charge in [-0.05, 0) is 50.7 Å². The number of anilines is 1. The van der Waals surface area contributed by atoms with Crippen LogP contribution in [0.15, 0.2) is 30.9 Å². The van der Waals surface area contributed by atoms with Gasteiger partial charge in [-0.15, -0.1) is 0 Å². The lowest BCUT2D eigenvalue weighted by atomic mass is 10.1. The van der Waals surface area contributed by atoms with Crippen LogP contribution in [0.5, 0.6) is 11.8 Å². The number of aromatic hydroxyl groups is 1. The highest BCUT2D eigenvalue weighted by Crippen LogP contribution is 2.34. The Morgan fingerprint density at radius 1 is 1.25 bits per heavy atom. The van der Waals surface area contributed by atoms with Gasteiger partial charge < -0.3 is 29.4 Å². The van der Waals surface area contributed by atoms with E-state index in [9.17, 15) is 24.3 Å². The maximum Gasteiger partial charge on any atom is 0.318 e. The number of piperazine rings is 1. The summed E-state index contributed by atoms with van der Waals surface area (Å²) in [5.41, 5.74) is 1.07. The summed E-state index contributed by atoms with van der Waals surface area (Å²) in [5, 5.41) is 19.2. The number of carbonyl (C=O) groups is 2. The number of benzene rings is 1. The molecule has 2 amide bonds. The fourth-order valence-electron chi connectivity index (χ4n) is 5.63. The molecule has 0 spiro atoms. The maximum absolute atomic E-state index is 14.5. The van der Waals surface area contributed by atoms with Gasteiger partial charge in [0.25, 0.3) is 5.91 Å². The fraction of sp³-hybridized carbons (Fsp3) is 0.464. The maximum atomic E-state index is 14.5. The van der Waals surface area contributed by atoms with E-state index in [1.165, 1.54) is 17.0 Å². The Kier molecular flexibility index (Phi) is 7.84. The first-order valence-electron chi connectivity index (χ1n) is 13.3. The Bertz CT molecular complexity index is 1360. The van der Waals surface area contributed by atoms with Crippen molar-refractivity contribution in [2.75, 3.05) is 44.7 Å². The molecule has 40 heavy (non-hydrogen) atoms. The van der Waals surface area contributed by atoms with Crippen molar-refractivity contribution in [1.82, 2.24) is 24.7 Å². The molecule has 0 saturated carbocycles. The average molecular weight is 550 g/mol. The van der Waals surface area contributed by atoms with Crippen molar-refractivity contribution in [2.24, 2.45) is 0 Å². The van der Waals surface area contributed by atoms with Crippen LogP contribution in [0.3, 0.4) is 0 Å². The normalized spacial score (nSPS) is 20.8. The number of hydrogen-bond acceptors (Lipinski definition) is 9. The van der Waals surface area contributed by atoms with Crippen molar-refractivity contribution in [3.05, 3.63) is 53.5 Å². The molecule has 1 aromatic carbocycles. The number of carbonyl (C=O) groups excluding carboxylic acids is 2. The monoisotopic (exact) mass is 549 g/mol. The van der Waals surface area contributed by atoms with Crippen molar-refractivity contribution in [3.8, 4) is 17.8 Å². The van der Waals surface area contributed by atoms with Gasteiger partial charge in [-0.25, -0.2) is 4.39 Å². The molecule has 1 aromatic heterocycles. The molecule has 12 heteroatoms. The minimum Gasteiger partial charge on any atom is -0.508 e. The van der Waals surface area contributed by atoms with Crippen LogP contribution in [0.1, 0.15) is 40.9 Å². The van der Waals surface area contributed by atoms with Crippen LogP contribution in [0, 0.1) is 17.1 Å². The molecule has 5 rings (SSSR count). The zero-order chi connectivity index (χ0) is 28.4. The zero-order valence-electron chi connectivity index (χ0n) is 22.4. The highest BCUT2D eigenvalue weighted by Gasteiger charge is 2.36. The van der Waals surface area contributed by atoms with Gasteiger partial charge in [-0.2, -0.15) is 15.2 Å². The van der Waals surface area contributed by atoms with Gasteiger partial charge in [0.05, 0.1) is 42.9 Å². The van der Waals surface area contributed by atoms with Gasteiger partial charge in [0, 0.05) is 31.2 Å². The molecular weight excluding hydrogens is 517 g/mol. The first kappa shape index (κ1) is 27.3. The number of ether oxygens (including phenoxy) is 1. The van der Waals surface area contributed by atoms with E-state index in [2.05, 4.69) is 29.6 Å². The molecule has 3 aliphatic heterocycles. The molecule has 0 unspecified atom stereocenters. The van der Waals surface area contributed by atoms with Crippen molar-refractivity contribution in [2.45, 2.75) is 44.4 Å². The fourth-order valence-corrected chi connectivity index (χ4v) is 5.63. The number of halogens is 1. The molecule has 11 nitrogen and oxygen atoms in total. The molecule has 3 aliphatic rings. The lowest BCUT2D eigenvalue weighted by molar-refractivity contribution is -0.128. The smallest absolute Gasteiger partial charge is 0.318 e. The molecule has 210 valence electrons. The van der Waals surface area contributed by atoms with Crippen molar-refractivity contribution in [1.29, 1.82) is 5.26 Å². The summed E-state index contributed by atoms with van der Waals surface area (Å²) in [7, 11) is 2.05. The van der Waals surface area contributed by atoms with Crippen LogP contribution in [-0.4, -0.2) is 93.5 Å². The van der Waals surface area contributed by atoms with E-state index < -0.39 is 11.7 Å². The molecule has 0 aliphatic carbocycles. The summed E-state index contributed by atoms with van der Waals surface area (Å²) in [4.78, 5) is 42.4. The van der Waals surface area contributed by atoms with E-state index in [0.717, 1.165) is 31.5 Å². The molecule has 2 fully saturated rings. The van der Waals surface area contributed by atoms with E-state index in [4.69, 9.17) is 9.72 Å². The van der Waals surface area contributed by atoms with Gasteiger partial charge in [-0.1, -0.05) is 6.58 Å². The van der Waals surface area contributed by atoms with Crippen LogP contribution in [0.4, 0.5) is 10.2 Å². The van der Waals surface area contributed by atoms with Gasteiger partial charge in [-0.3, -0.25) is 9.59 Å². The summed E-state index contributed by atoms with van der Waals surface area (Å²) in [5.74, 6) is -1.17. The number of phenols is 1. The largest absolute Gasteiger partial charge is 0.508 e. The number of nitrogens with zero attached hydrogens (tertiary/aromatic N) is 7. The average Bonchev–Trinajstić information content (AvgIpc) is 3.57. The van der Waals surface area contributed by atoms with E-state index in [0.29, 0.717) is 43.3 Å². The van der Waals surface area contributed by atoms with Crippen LogP contribution in [0.25, 0.3) is 0 Å². The zero-order valence-corrected chi connectivity index (χ0v) is 22.4. The minimum atomic E-state index is -0.725. The predicted octanol–water partition coefficient (Wildman–Crippen LogP) is 2.07. The number of phenolic OH excluding ortho intramolecular Hbond substituents is 1. The second kappa shape index (κ2) is 11.5. The Hall–Kier alpha value is -4.24. The third-order valence-corrected chi connectivity index (χ3v) is 7.85. The number of aromatic nitrogens is 2. The van der Waals surface area contributed by atoms with Crippen LogP contribution in [0.2, 0.25) is 0 Å². The molecule has 1 N–H and O–H groups in total. The quantitative estimate of drug-likeness (QED) is 0.517. The van der Waals surface area contributed by atoms with E-state index in [1.54, 1.807) is 4.90 Å². The van der Waals surface area contributed by atoms with E-state index in [1.807, 2.05) is 4.90 Å². The third-order valence-electron chi connectivity index (χ3n) is 7.85. The highest BCUT2D eigenvalue weighted by atomic mass is 19.1. The number of nitriles is 1. The first-order valence-corrected chi connectivity index (χ1v) is 13.3. The predicted molar refractivity (Wildman–Crippen MR) is 143 cm³/mol. The number of rotatable bonds is 7. The second-order valence-corrected chi connectivity index (χ2v) is 10.4. The summed E-state index contributed by atoms with van der Waals surface area (Å²) in [6, 6.07) is 5.59. The van der Waals surface area contributed by atoms with Gasteiger partial charge in [0.1, 0.15) is 24.0 Å². The Balaban J connectivity index is 1.45. The summed E-state index contributed by atoms with van der Waals surface area (Å²) < 4.78 is 20.5. The molecular formula is C28H32FN7O4. The number of likely N-dealkylation sites (N-methyl/N-ethyl adjacent to an activating group) is 1. The summed E-state index contributed by atoms with van der Waals surface area (Å²) in [6.45, 7) is 6.44. The summed E-state index contributed by atoms with van der Waals surface area (Å²) in [6.07, 6.45) is 3.50. The van der Waals surface area contributed by atoms with Gasteiger partial charge >= 0.3 is 6.01 Å². The number of likely N-dealkylation sites (tertiary alicyclic amines) is 1. The molecule has 2 atom stereocenters. The standard InChI is InChI=1S/C28H32FN7O4/c1-3-25(38)36-12-11-34(14-18(36)8-9-30)26-22-15-35(27(39)21-13-20(37)6-7-23(21)29)16-24(22)31-28(32-26)40-17-19-5-4-10-33(19)2/h3,6-7,13,18-19,37H,1,4-5,8,10-12,14-17H2,2H3/t18-,19-/m0/s1. The lowest BCUT2D eigenvalue weighted by Crippen LogP contribution is -2.55. The Labute approximate surface area is 232 Å². The van der Waals surface area contributed by atoms with Crippen molar-refractivity contribution in [3.63, 3.8) is 0 Å².